The molecule has 1 rings (SSSR count). The quantitative estimate of drug-likeness (QED) is 0.684. The largest absolute Gasteiger partial charge is 0.359 e. The smallest absolute Gasteiger partial charge is 0.252 e. The highest BCUT2D eigenvalue weighted by molar-refractivity contribution is 5.97. The van der Waals surface area contributed by atoms with Gasteiger partial charge in [-0.05, 0) is 24.6 Å². The number of carbonyl (C=O) groups excluding carboxylic acids is 2. The maximum Gasteiger partial charge on any atom is 0.252 e. The molecule has 0 saturated heterocycles. The summed E-state index contributed by atoms with van der Waals surface area (Å²) in [6.45, 7) is 2.46. The summed E-state index contributed by atoms with van der Waals surface area (Å²) >= 11 is 0. The second-order valence-electron chi connectivity index (χ2n) is 4.23. The van der Waals surface area contributed by atoms with Crippen LogP contribution in [0, 0.1) is 18.8 Å². The van der Waals surface area contributed by atoms with Crippen molar-refractivity contribution in [2.75, 3.05) is 20.1 Å². The van der Waals surface area contributed by atoms with Crippen molar-refractivity contribution < 1.29 is 9.59 Å². The van der Waals surface area contributed by atoms with Gasteiger partial charge in [0.1, 0.15) is 0 Å². The van der Waals surface area contributed by atoms with Crippen LogP contribution in [0.1, 0.15) is 27.9 Å². The summed E-state index contributed by atoms with van der Waals surface area (Å²) in [7, 11) is 1.56. The molecular weight excluding hydrogens is 254 g/mol. The van der Waals surface area contributed by atoms with Crippen molar-refractivity contribution in [1.82, 2.24) is 10.6 Å². The number of hydrogen-bond acceptors (Lipinski definition) is 3. The van der Waals surface area contributed by atoms with E-state index in [1.54, 1.807) is 13.1 Å². The number of nitrogens with one attached hydrogen (secondary N) is 2. The molecule has 0 fully saturated rings. The zero-order valence-corrected chi connectivity index (χ0v) is 11.7. The Kier molecular flexibility index (Phi) is 6.27. The maximum atomic E-state index is 12.1. The minimum atomic E-state index is -0.241. The van der Waals surface area contributed by atoms with Gasteiger partial charge in [-0.3, -0.25) is 9.59 Å². The van der Waals surface area contributed by atoms with Gasteiger partial charge in [-0.15, -0.1) is 0 Å². The van der Waals surface area contributed by atoms with Crippen LogP contribution in [-0.4, -0.2) is 32.0 Å². The van der Waals surface area contributed by atoms with Crippen LogP contribution >= 0.6 is 0 Å². The average Bonchev–Trinajstić information content (AvgIpc) is 2.44. The summed E-state index contributed by atoms with van der Waals surface area (Å²) in [5.74, 6) is 5.28. The highest BCUT2D eigenvalue weighted by Gasteiger charge is 2.10. The molecule has 0 aliphatic carbocycles. The zero-order chi connectivity index (χ0) is 15.0. The molecule has 4 N–H and O–H groups in total. The van der Waals surface area contributed by atoms with Gasteiger partial charge in [0.15, 0.2) is 0 Å². The van der Waals surface area contributed by atoms with Crippen molar-refractivity contribution in [2.24, 2.45) is 5.73 Å². The Labute approximate surface area is 118 Å². The van der Waals surface area contributed by atoms with Crippen molar-refractivity contribution in [1.29, 1.82) is 0 Å². The highest BCUT2D eigenvalue weighted by Crippen LogP contribution is 2.10. The van der Waals surface area contributed by atoms with Gasteiger partial charge in [0.25, 0.3) is 5.91 Å². The minimum Gasteiger partial charge on any atom is -0.359 e. The van der Waals surface area contributed by atoms with E-state index in [0.717, 1.165) is 5.56 Å². The molecule has 0 unspecified atom stereocenters. The Morgan fingerprint density at radius 3 is 2.75 bits per heavy atom. The zero-order valence-electron chi connectivity index (χ0n) is 11.7. The minimum absolute atomic E-state index is 0.114. The van der Waals surface area contributed by atoms with Gasteiger partial charge >= 0.3 is 0 Å². The molecule has 1 aromatic rings. The number of amides is 2. The number of benzene rings is 1. The molecule has 0 aromatic heterocycles. The number of hydrogen-bond donors (Lipinski definition) is 3. The lowest BCUT2D eigenvalue weighted by Crippen LogP contribution is -2.29. The third-order valence-electron chi connectivity index (χ3n) is 2.66. The Bertz CT molecular complexity index is 556. The van der Waals surface area contributed by atoms with Crippen LogP contribution in [0.3, 0.4) is 0 Å². The first-order valence-electron chi connectivity index (χ1n) is 6.37. The van der Waals surface area contributed by atoms with Crippen molar-refractivity contribution in [3.05, 3.63) is 34.9 Å². The van der Waals surface area contributed by atoms with Crippen LogP contribution in [-0.2, 0) is 4.79 Å². The molecule has 20 heavy (non-hydrogen) atoms. The van der Waals surface area contributed by atoms with Crippen molar-refractivity contribution in [3.8, 4) is 11.8 Å². The normalized spacial score (nSPS) is 9.35. The third kappa shape index (κ3) is 4.75. The molecule has 0 aliphatic heterocycles. The Balaban J connectivity index is 2.79. The van der Waals surface area contributed by atoms with E-state index in [1.807, 2.05) is 19.1 Å². The fraction of sp³-hybridized carbons (Fsp3) is 0.333. The molecule has 0 radical (unpaired) electrons. The summed E-state index contributed by atoms with van der Waals surface area (Å²) in [5, 5.41) is 5.20. The molecule has 0 aliphatic rings. The number of carbonyl (C=O) groups is 2. The lowest BCUT2D eigenvalue weighted by Gasteiger charge is -2.07. The monoisotopic (exact) mass is 273 g/mol. The summed E-state index contributed by atoms with van der Waals surface area (Å²) in [4.78, 5) is 23.2. The second kappa shape index (κ2) is 7.97. The molecule has 106 valence electrons. The van der Waals surface area contributed by atoms with Gasteiger partial charge in [0.2, 0.25) is 5.91 Å². The van der Waals surface area contributed by atoms with E-state index < -0.39 is 0 Å². The average molecular weight is 273 g/mol. The van der Waals surface area contributed by atoms with E-state index in [9.17, 15) is 9.59 Å². The van der Waals surface area contributed by atoms with Gasteiger partial charge in [0.05, 0.1) is 12.1 Å². The number of aryl methyl sites for hydroxylation is 1. The van der Waals surface area contributed by atoms with Crippen LogP contribution in [0.2, 0.25) is 0 Å². The van der Waals surface area contributed by atoms with Gasteiger partial charge < -0.3 is 16.4 Å². The fourth-order valence-corrected chi connectivity index (χ4v) is 1.62. The topological polar surface area (TPSA) is 84.2 Å². The molecule has 2 amide bonds. The standard InChI is InChI=1S/C15H19N3O2/c1-11-5-6-13(12(10-11)4-3-8-16)15(20)18-9-7-14(19)17-2/h5-6,10H,7-9,16H2,1-2H3,(H,17,19)(H,18,20). The predicted octanol–water partition coefficient (Wildman–Crippen LogP) is 0.171. The van der Waals surface area contributed by atoms with E-state index in [4.69, 9.17) is 5.73 Å². The maximum absolute atomic E-state index is 12.1. The SMILES string of the molecule is CNC(=O)CCNC(=O)c1ccc(C)cc1C#CCN. The molecule has 1 aromatic carbocycles. The second-order valence-corrected chi connectivity index (χ2v) is 4.23. The summed E-state index contributed by atoms with van der Waals surface area (Å²) in [6.07, 6.45) is 0.248. The lowest BCUT2D eigenvalue weighted by atomic mass is 10.0. The lowest BCUT2D eigenvalue weighted by molar-refractivity contribution is -0.120. The van der Waals surface area contributed by atoms with Gasteiger partial charge in [-0.2, -0.15) is 0 Å². The van der Waals surface area contributed by atoms with Crippen molar-refractivity contribution in [2.45, 2.75) is 13.3 Å². The molecule has 0 saturated carbocycles. The fourth-order valence-electron chi connectivity index (χ4n) is 1.62. The van der Waals surface area contributed by atoms with E-state index in [1.165, 1.54) is 0 Å². The van der Waals surface area contributed by atoms with Gasteiger partial charge in [0, 0.05) is 25.6 Å². The first-order chi connectivity index (χ1) is 9.58. The van der Waals surface area contributed by atoms with Crippen LogP contribution in [0.25, 0.3) is 0 Å². The highest BCUT2D eigenvalue weighted by atomic mass is 16.2. The molecule has 0 bridgehead atoms. The summed E-state index contributed by atoms with van der Waals surface area (Å²) in [5.41, 5.74) is 7.51. The summed E-state index contributed by atoms with van der Waals surface area (Å²) in [6, 6.07) is 5.42. The van der Waals surface area contributed by atoms with Crippen molar-refractivity contribution in [3.63, 3.8) is 0 Å². The van der Waals surface area contributed by atoms with E-state index >= 15 is 0 Å². The number of nitrogens with two attached hydrogens (primary N) is 1. The van der Waals surface area contributed by atoms with Crippen LogP contribution in [0.15, 0.2) is 18.2 Å². The number of rotatable bonds is 4. The Hall–Kier alpha value is -2.32. The van der Waals surface area contributed by atoms with E-state index in [-0.39, 0.29) is 31.3 Å². The third-order valence-corrected chi connectivity index (χ3v) is 2.66. The van der Waals surface area contributed by atoms with E-state index in [2.05, 4.69) is 22.5 Å². The molecular formula is C15H19N3O2. The molecule has 0 spiro atoms. The van der Waals surface area contributed by atoms with E-state index in [0.29, 0.717) is 11.1 Å². The molecule has 5 heteroatoms. The first-order valence-corrected chi connectivity index (χ1v) is 6.37. The molecule has 0 heterocycles. The first kappa shape index (κ1) is 15.7. The summed E-state index contributed by atoms with van der Waals surface area (Å²) < 4.78 is 0. The Morgan fingerprint density at radius 2 is 2.10 bits per heavy atom. The molecule has 0 atom stereocenters. The van der Waals surface area contributed by atoms with Crippen LogP contribution < -0.4 is 16.4 Å². The molecule has 5 nitrogen and oxygen atoms in total. The Morgan fingerprint density at radius 1 is 1.35 bits per heavy atom. The van der Waals surface area contributed by atoms with Crippen LogP contribution in [0.5, 0.6) is 0 Å². The van der Waals surface area contributed by atoms with Gasteiger partial charge in [-0.1, -0.05) is 17.9 Å². The van der Waals surface area contributed by atoms with Gasteiger partial charge in [-0.25, -0.2) is 0 Å². The predicted molar refractivity (Wildman–Crippen MR) is 78.1 cm³/mol. The van der Waals surface area contributed by atoms with Crippen molar-refractivity contribution >= 4 is 11.8 Å². The van der Waals surface area contributed by atoms with Crippen LogP contribution in [0.4, 0.5) is 0 Å².